The Hall–Kier alpha value is -1.07. The van der Waals surface area contributed by atoms with Gasteiger partial charge in [-0.2, -0.15) is 0 Å². The van der Waals surface area contributed by atoms with E-state index in [1.807, 2.05) is 0 Å². The van der Waals surface area contributed by atoms with Crippen LogP contribution in [0.4, 0.5) is 5.69 Å². The van der Waals surface area contributed by atoms with E-state index < -0.39 is 0 Å². The van der Waals surface area contributed by atoms with Crippen molar-refractivity contribution in [2.24, 2.45) is 5.92 Å². The number of amides is 1. The Labute approximate surface area is 121 Å². The van der Waals surface area contributed by atoms with Gasteiger partial charge < -0.3 is 16.2 Å². The molecule has 0 aliphatic heterocycles. The summed E-state index contributed by atoms with van der Waals surface area (Å²) in [6.07, 6.45) is 3.71. The number of nitrogens with two attached hydrogens (primary N) is 1. The number of aliphatic hydroxyl groups is 1. The molecule has 0 saturated heterocycles. The molecule has 4 nitrogen and oxygen atoms in total. The normalized spacial score (nSPS) is 23.1. The third-order valence-corrected chi connectivity index (χ3v) is 4.15. The molecule has 0 aromatic heterocycles. The highest BCUT2D eigenvalue weighted by Crippen LogP contribution is 2.24. The zero-order valence-electron chi connectivity index (χ0n) is 10.7. The van der Waals surface area contributed by atoms with Gasteiger partial charge in [-0.25, -0.2) is 0 Å². The van der Waals surface area contributed by atoms with Gasteiger partial charge in [0, 0.05) is 22.6 Å². The van der Waals surface area contributed by atoms with Crippen LogP contribution in [0.2, 0.25) is 0 Å². The molecule has 2 unspecified atom stereocenters. The van der Waals surface area contributed by atoms with Crippen molar-refractivity contribution < 1.29 is 9.90 Å². The Morgan fingerprint density at radius 3 is 2.84 bits per heavy atom. The smallest absolute Gasteiger partial charge is 0.253 e. The average Bonchev–Trinajstić information content (AvgIpc) is 2.37. The molecule has 104 valence electrons. The second-order valence-electron chi connectivity index (χ2n) is 5.05. The third-order valence-electron chi connectivity index (χ3n) is 3.65. The summed E-state index contributed by atoms with van der Waals surface area (Å²) in [5.41, 5.74) is 6.75. The number of carbonyl (C=O) groups excluding carboxylic acids is 1. The number of carbonyl (C=O) groups is 1. The number of nitrogen functional groups attached to an aromatic ring is 1. The molecule has 1 saturated carbocycles. The maximum Gasteiger partial charge on any atom is 0.253 e. The number of aliphatic hydroxyl groups excluding tert-OH is 1. The highest BCUT2D eigenvalue weighted by Gasteiger charge is 2.23. The van der Waals surface area contributed by atoms with E-state index in [2.05, 4.69) is 21.2 Å². The molecule has 0 spiro atoms. The van der Waals surface area contributed by atoms with Crippen molar-refractivity contribution in [1.29, 1.82) is 0 Å². The minimum atomic E-state index is -0.295. The minimum Gasteiger partial charge on any atom is -0.398 e. The van der Waals surface area contributed by atoms with Gasteiger partial charge in [-0.3, -0.25) is 4.79 Å². The van der Waals surface area contributed by atoms with Gasteiger partial charge in [0.05, 0.1) is 11.7 Å². The van der Waals surface area contributed by atoms with Gasteiger partial charge >= 0.3 is 0 Å². The molecule has 0 radical (unpaired) electrons. The van der Waals surface area contributed by atoms with E-state index in [1.54, 1.807) is 18.2 Å². The number of halogens is 1. The Kier molecular flexibility index (Phi) is 4.82. The molecule has 1 aromatic carbocycles. The lowest BCUT2D eigenvalue weighted by molar-refractivity contribution is 0.0663. The number of rotatable bonds is 3. The predicted octanol–water partition coefficient (Wildman–Crippen LogP) is 2.31. The van der Waals surface area contributed by atoms with Crippen molar-refractivity contribution in [3.05, 3.63) is 28.2 Å². The molecule has 1 aliphatic rings. The Morgan fingerprint density at radius 1 is 1.42 bits per heavy atom. The fourth-order valence-corrected chi connectivity index (χ4v) is 2.86. The monoisotopic (exact) mass is 326 g/mol. The van der Waals surface area contributed by atoms with Crippen LogP contribution in [0.3, 0.4) is 0 Å². The number of benzene rings is 1. The summed E-state index contributed by atoms with van der Waals surface area (Å²) in [7, 11) is 0. The Morgan fingerprint density at radius 2 is 2.16 bits per heavy atom. The number of nitrogens with one attached hydrogen (secondary N) is 1. The van der Waals surface area contributed by atoms with Gasteiger partial charge in [-0.05, 0) is 31.0 Å². The minimum absolute atomic E-state index is 0.161. The van der Waals surface area contributed by atoms with E-state index in [0.29, 0.717) is 17.8 Å². The molecule has 1 fully saturated rings. The van der Waals surface area contributed by atoms with Crippen LogP contribution in [-0.2, 0) is 0 Å². The molecule has 2 atom stereocenters. The zero-order chi connectivity index (χ0) is 13.8. The summed E-state index contributed by atoms with van der Waals surface area (Å²) >= 11 is 3.31. The van der Waals surface area contributed by atoms with Crippen molar-refractivity contribution >= 4 is 27.5 Å². The molecule has 1 amide bonds. The first-order chi connectivity index (χ1) is 9.08. The van der Waals surface area contributed by atoms with Crippen molar-refractivity contribution in [2.45, 2.75) is 31.8 Å². The van der Waals surface area contributed by atoms with Crippen molar-refractivity contribution in [3.63, 3.8) is 0 Å². The second-order valence-corrected chi connectivity index (χ2v) is 5.97. The van der Waals surface area contributed by atoms with E-state index in [4.69, 9.17) is 5.73 Å². The first-order valence-corrected chi connectivity index (χ1v) is 7.38. The third kappa shape index (κ3) is 3.70. The van der Waals surface area contributed by atoms with Gasteiger partial charge in [0.2, 0.25) is 0 Å². The van der Waals surface area contributed by atoms with Crippen LogP contribution in [0, 0.1) is 5.92 Å². The molecule has 1 aromatic rings. The maximum absolute atomic E-state index is 12.0. The van der Waals surface area contributed by atoms with E-state index in [-0.39, 0.29) is 17.9 Å². The first kappa shape index (κ1) is 14.3. The Balaban J connectivity index is 1.93. The van der Waals surface area contributed by atoms with Crippen LogP contribution in [-0.4, -0.2) is 23.7 Å². The van der Waals surface area contributed by atoms with Crippen LogP contribution in [0.5, 0.6) is 0 Å². The molecule has 5 heteroatoms. The molecule has 1 aliphatic carbocycles. The van der Waals surface area contributed by atoms with Gasteiger partial charge in [0.1, 0.15) is 0 Å². The van der Waals surface area contributed by atoms with Crippen molar-refractivity contribution in [3.8, 4) is 0 Å². The van der Waals surface area contributed by atoms with Crippen LogP contribution in [0.25, 0.3) is 0 Å². The van der Waals surface area contributed by atoms with Crippen LogP contribution < -0.4 is 11.1 Å². The van der Waals surface area contributed by atoms with Crippen LogP contribution in [0.15, 0.2) is 22.7 Å². The van der Waals surface area contributed by atoms with Crippen molar-refractivity contribution in [1.82, 2.24) is 5.32 Å². The largest absolute Gasteiger partial charge is 0.398 e. The van der Waals surface area contributed by atoms with Crippen LogP contribution >= 0.6 is 15.9 Å². The van der Waals surface area contributed by atoms with Gasteiger partial charge in [-0.15, -0.1) is 0 Å². The van der Waals surface area contributed by atoms with Gasteiger partial charge in [0.25, 0.3) is 5.91 Å². The molecule has 19 heavy (non-hydrogen) atoms. The molecule has 4 N–H and O–H groups in total. The van der Waals surface area contributed by atoms with Gasteiger partial charge in [-0.1, -0.05) is 28.8 Å². The summed E-state index contributed by atoms with van der Waals surface area (Å²) in [4.78, 5) is 12.0. The maximum atomic E-state index is 12.0. The fraction of sp³-hybridized carbons (Fsp3) is 0.500. The molecule has 0 bridgehead atoms. The Bertz CT molecular complexity index is 465. The quantitative estimate of drug-likeness (QED) is 0.746. The summed E-state index contributed by atoms with van der Waals surface area (Å²) in [6, 6.07) is 5.21. The summed E-state index contributed by atoms with van der Waals surface area (Å²) in [5, 5.41) is 12.7. The SMILES string of the molecule is Nc1cc(Br)ccc1C(=O)NCC1CCCCC1O. The molecular weight excluding hydrogens is 308 g/mol. The topological polar surface area (TPSA) is 75.4 Å². The van der Waals surface area contributed by atoms with Gasteiger partial charge in [0.15, 0.2) is 0 Å². The highest BCUT2D eigenvalue weighted by atomic mass is 79.9. The van der Waals surface area contributed by atoms with E-state index >= 15 is 0 Å². The lowest BCUT2D eigenvalue weighted by Gasteiger charge is -2.27. The van der Waals surface area contributed by atoms with Crippen molar-refractivity contribution in [2.75, 3.05) is 12.3 Å². The lowest BCUT2D eigenvalue weighted by Crippen LogP contribution is -2.36. The highest BCUT2D eigenvalue weighted by molar-refractivity contribution is 9.10. The molecule has 2 rings (SSSR count). The second kappa shape index (κ2) is 6.39. The standard InChI is InChI=1S/C14H19BrN2O2/c15-10-5-6-11(12(16)7-10)14(19)17-8-9-3-1-2-4-13(9)18/h5-7,9,13,18H,1-4,8,16H2,(H,17,19). The summed E-state index contributed by atoms with van der Waals surface area (Å²) < 4.78 is 0.851. The predicted molar refractivity (Wildman–Crippen MR) is 78.9 cm³/mol. The first-order valence-electron chi connectivity index (χ1n) is 6.59. The number of anilines is 1. The van der Waals surface area contributed by atoms with E-state index in [1.165, 1.54) is 0 Å². The number of hydrogen-bond donors (Lipinski definition) is 3. The average molecular weight is 327 g/mol. The fourth-order valence-electron chi connectivity index (χ4n) is 2.49. The lowest BCUT2D eigenvalue weighted by atomic mass is 9.86. The summed E-state index contributed by atoms with van der Waals surface area (Å²) in [6.45, 7) is 0.509. The molecule has 0 heterocycles. The van der Waals surface area contributed by atoms with E-state index in [0.717, 1.165) is 30.2 Å². The van der Waals surface area contributed by atoms with Crippen LogP contribution in [0.1, 0.15) is 36.0 Å². The molecular formula is C14H19BrN2O2. The summed E-state index contributed by atoms with van der Waals surface area (Å²) in [5.74, 6) is -0.0165. The van der Waals surface area contributed by atoms with E-state index in [9.17, 15) is 9.90 Å². The number of hydrogen-bond acceptors (Lipinski definition) is 3. The zero-order valence-corrected chi connectivity index (χ0v) is 12.3.